The van der Waals surface area contributed by atoms with Crippen LogP contribution in [-0.2, 0) is 6.42 Å². The summed E-state index contributed by atoms with van der Waals surface area (Å²) in [5.41, 5.74) is 7.74. The largest absolute Gasteiger partial charge is 0.322 e. The zero-order valence-electron chi connectivity index (χ0n) is 7.80. The van der Waals surface area contributed by atoms with Crippen LogP contribution in [0, 0.1) is 0 Å². The molecule has 0 amide bonds. The third-order valence-electron chi connectivity index (χ3n) is 2.05. The highest BCUT2D eigenvalue weighted by molar-refractivity contribution is 7.03. The summed E-state index contributed by atoms with van der Waals surface area (Å²) in [4.78, 5) is 3.92. The monoisotopic (exact) mass is 240 g/mol. The van der Waals surface area contributed by atoms with Gasteiger partial charge in [-0.15, -0.1) is 5.10 Å². The Balaban J connectivity index is 2.13. The van der Waals surface area contributed by atoms with E-state index in [1.807, 2.05) is 11.4 Å². The first-order chi connectivity index (χ1) is 7.27. The van der Waals surface area contributed by atoms with Crippen LogP contribution in [0.15, 0.2) is 23.8 Å². The second-order valence-electron chi connectivity index (χ2n) is 3.11. The van der Waals surface area contributed by atoms with E-state index in [1.54, 1.807) is 12.4 Å². The van der Waals surface area contributed by atoms with E-state index in [4.69, 9.17) is 17.3 Å². The lowest BCUT2D eigenvalue weighted by Crippen LogP contribution is -2.14. The minimum Gasteiger partial charge on any atom is -0.322 e. The van der Waals surface area contributed by atoms with Crippen molar-refractivity contribution in [1.29, 1.82) is 0 Å². The van der Waals surface area contributed by atoms with Crippen molar-refractivity contribution in [2.24, 2.45) is 5.73 Å². The number of rotatable bonds is 3. The molecule has 0 saturated heterocycles. The fraction of sp³-hybridized carbons (Fsp3) is 0.222. The van der Waals surface area contributed by atoms with Crippen LogP contribution in [0.5, 0.6) is 0 Å². The molecule has 0 aliphatic carbocycles. The van der Waals surface area contributed by atoms with Gasteiger partial charge >= 0.3 is 0 Å². The molecular formula is C9H9ClN4S. The van der Waals surface area contributed by atoms with Gasteiger partial charge in [-0.1, -0.05) is 16.1 Å². The van der Waals surface area contributed by atoms with Crippen LogP contribution >= 0.6 is 23.1 Å². The maximum absolute atomic E-state index is 5.98. The highest BCUT2D eigenvalue weighted by atomic mass is 35.5. The molecule has 2 heterocycles. The van der Waals surface area contributed by atoms with Crippen molar-refractivity contribution in [2.75, 3.05) is 0 Å². The molecule has 6 heteroatoms. The first-order valence-corrected chi connectivity index (χ1v) is 5.59. The topological polar surface area (TPSA) is 64.7 Å². The smallest absolute Gasteiger partial charge is 0.0925 e. The van der Waals surface area contributed by atoms with E-state index in [0.717, 1.165) is 11.3 Å². The van der Waals surface area contributed by atoms with Gasteiger partial charge in [0.1, 0.15) is 0 Å². The number of aromatic nitrogens is 3. The van der Waals surface area contributed by atoms with Crippen LogP contribution < -0.4 is 5.73 Å². The van der Waals surface area contributed by atoms with E-state index < -0.39 is 0 Å². The second kappa shape index (κ2) is 4.65. The summed E-state index contributed by atoms with van der Waals surface area (Å²) >= 11 is 7.27. The first kappa shape index (κ1) is 10.5. The molecule has 2 rings (SSSR count). The lowest BCUT2D eigenvalue weighted by molar-refractivity contribution is 0.692. The molecule has 1 unspecified atom stereocenters. The highest BCUT2D eigenvalue weighted by Gasteiger charge is 2.11. The van der Waals surface area contributed by atoms with Crippen LogP contribution in [0.4, 0.5) is 0 Å². The lowest BCUT2D eigenvalue weighted by Gasteiger charge is -2.08. The molecule has 0 saturated carbocycles. The van der Waals surface area contributed by atoms with Gasteiger partial charge in [-0.2, -0.15) is 0 Å². The van der Waals surface area contributed by atoms with E-state index >= 15 is 0 Å². The normalized spacial score (nSPS) is 12.7. The zero-order valence-corrected chi connectivity index (χ0v) is 9.37. The number of halogens is 1. The van der Waals surface area contributed by atoms with Crippen LogP contribution in [0.1, 0.15) is 17.3 Å². The molecule has 4 nitrogen and oxygen atoms in total. The maximum Gasteiger partial charge on any atom is 0.0925 e. The Bertz CT molecular complexity index is 431. The average Bonchev–Trinajstić information content (AvgIpc) is 2.74. The minimum absolute atomic E-state index is 0.163. The fourth-order valence-electron chi connectivity index (χ4n) is 1.24. The summed E-state index contributed by atoms with van der Waals surface area (Å²) in [5, 5.41) is 6.41. The molecule has 2 aromatic heterocycles. The van der Waals surface area contributed by atoms with Gasteiger partial charge < -0.3 is 5.73 Å². The number of pyridine rings is 1. The Labute approximate surface area is 96.3 Å². The fourth-order valence-corrected chi connectivity index (χ4v) is 1.96. The van der Waals surface area contributed by atoms with Gasteiger partial charge in [-0.3, -0.25) is 4.98 Å². The minimum atomic E-state index is -0.163. The molecular weight excluding hydrogens is 232 g/mol. The molecule has 0 aliphatic heterocycles. The van der Waals surface area contributed by atoms with Gasteiger partial charge in [0.2, 0.25) is 0 Å². The summed E-state index contributed by atoms with van der Waals surface area (Å²) in [6, 6.07) is 1.70. The predicted molar refractivity (Wildman–Crippen MR) is 59.8 cm³/mol. The standard InChI is InChI=1S/C9H9ClN4S/c10-7-4-12-2-1-6(7)3-8(11)9-5-15-14-13-9/h1-2,4-5,8H,3,11H2. The molecule has 15 heavy (non-hydrogen) atoms. The average molecular weight is 241 g/mol. The summed E-state index contributed by atoms with van der Waals surface area (Å²) in [5.74, 6) is 0. The molecule has 0 aromatic carbocycles. The molecule has 0 aliphatic rings. The zero-order chi connectivity index (χ0) is 10.7. The third-order valence-corrected chi connectivity index (χ3v) is 2.92. The summed E-state index contributed by atoms with van der Waals surface area (Å²) in [6.45, 7) is 0. The Kier molecular flexibility index (Phi) is 3.25. The van der Waals surface area contributed by atoms with Crippen molar-refractivity contribution < 1.29 is 0 Å². The molecule has 0 fully saturated rings. The SMILES string of the molecule is NC(Cc1ccncc1Cl)c1csnn1. The molecule has 1 atom stereocenters. The summed E-state index contributed by atoms with van der Waals surface area (Å²) in [7, 11) is 0. The van der Waals surface area contributed by atoms with Crippen molar-refractivity contribution in [3.8, 4) is 0 Å². The summed E-state index contributed by atoms with van der Waals surface area (Å²) < 4.78 is 3.77. The van der Waals surface area contributed by atoms with Crippen LogP contribution in [0.2, 0.25) is 5.02 Å². The van der Waals surface area contributed by atoms with E-state index in [0.29, 0.717) is 11.4 Å². The van der Waals surface area contributed by atoms with Gasteiger partial charge in [-0.25, -0.2) is 0 Å². The van der Waals surface area contributed by atoms with Crippen LogP contribution in [-0.4, -0.2) is 14.6 Å². The molecule has 0 radical (unpaired) electrons. The highest BCUT2D eigenvalue weighted by Crippen LogP contribution is 2.20. The Morgan fingerprint density at radius 1 is 1.53 bits per heavy atom. The number of nitrogens with zero attached hydrogens (tertiary/aromatic N) is 3. The number of nitrogens with two attached hydrogens (primary N) is 1. The van der Waals surface area contributed by atoms with Gasteiger partial charge in [0, 0.05) is 17.8 Å². The summed E-state index contributed by atoms with van der Waals surface area (Å²) in [6.07, 6.45) is 3.96. The Morgan fingerprint density at radius 2 is 2.40 bits per heavy atom. The predicted octanol–water partition coefficient (Wildman–Crippen LogP) is 1.83. The van der Waals surface area contributed by atoms with E-state index in [-0.39, 0.29) is 6.04 Å². The van der Waals surface area contributed by atoms with Crippen molar-refractivity contribution >= 4 is 23.1 Å². The van der Waals surface area contributed by atoms with Crippen molar-refractivity contribution in [2.45, 2.75) is 12.5 Å². The van der Waals surface area contributed by atoms with Gasteiger partial charge in [0.25, 0.3) is 0 Å². The molecule has 78 valence electrons. The van der Waals surface area contributed by atoms with Crippen LogP contribution in [0.25, 0.3) is 0 Å². The van der Waals surface area contributed by atoms with Gasteiger partial charge in [-0.05, 0) is 29.6 Å². The van der Waals surface area contributed by atoms with Gasteiger partial charge in [0.15, 0.2) is 0 Å². The number of hydrogen-bond acceptors (Lipinski definition) is 5. The van der Waals surface area contributed by atoms with Crippen LogP contribution in [0.3, 0.4) is 0 Å². The Hall–Kier alpha value is -1.04. The second-order valence-corrected chi connectivity index (χ2v) is 4.12. The van der Waals surface area contributed by atoms with E-state index in [9.17, 15) is 0 Å². The quantitative estimate of drug-likeness (QED) is 0.889. The van der Waals surface area contributed by atoms with Gasteiger partial charge in [0.05, 0.1) is 16.8 Å². The molecule has 0 spiro atoms. The molecule has 0 bridgehead atoms. The lowest BCUT2D eigenvalue weighted by atomic mass is 10.1. The van der Waals surface area contributed by atoms with E-state index in [2.05, 4.69) is 14.6 Å². The van der Waals surface area contributed by atoms with Crippen molar-refractivity contribution in [3.05, 3.63) is 40.1 Å². The number of hydrogen-bond donors (Lipinski definition) is 1. The Morgan fingerprint density at radius 3 is 3.07 bits per heavy atom. The van der Waals surface area contributed by atoms with Crippen molar-refractivity contribution in [3.63, 3.8) is 0 Å². The van der Waals surface area contributed by atoms with E-state index in [1.165, 1.54) is 11.5 Å². The molecule has 2 aromatic rings. The maximum atomic E-state index is 5.98. The third kappa shape index (κ3) is 2.50. The van der Waals surface area contributed by atoms with Crippen molar-refractivity contribution in [1.82, 2.24) is 14.6 Å². The first-order valence-electron chi connectivity index (χ1n) is 4.38. The molecule has 2 N–H and O–H groups in total.